The van der Waals surface area contributed by atoms with Crippen molar-refractivity contribution in [1.29, 1.82) is 0 Å². The highest BCUT2D eigenvalue weighted by molar-refractivity contribution is 6.02. The first-order valence-electron chi connectivity index (χ1n) is 11.7. The number of hydrogen-bond acceptors (Lipinski definition) is 6. The van der Waals surface area contributed by atoms with E-state index in [1.165, 1.54) is 4.57 Å². The molecule has 35 heavy (non-hydrogen) atoms. The van der Waals surface area contributed by atoms with Crippen LogP contribution in [0.25, 0.3) is 11.0 Å². The quantitative estimate of drug-likeness (QED) is 0.577. The van der Waals surface area contributed by atoms with Crippen LogP contribution >= 0.6 is 0 Å². The number of nitrogens with one attached hydrogen (secondary N) is 1. The smallest absolute Gasteiger partial charge is 0.420 e. The largest absolute Gasteiger partial charge is 0.445 e. The minimum absolute atomic E-state index is 0.125. The van der Waals surface area contributed by atoms with Gasteiger partial charge in [0.15, 0.2) is 5.65 Å². The van der Waals surface area contributed by atoms with Gasteiger partial charge in [-0.15, -0.1) is 0 Å². The zero-order valence-corrected chi connectivity index (χ0v) is 20.2. The first-order chi connectivity index (χ1) is 16.7. The Morgan fingerprint density at radius 3 is 2.43 bits per heavy atom. The van der Waals surface area contributed by atoms with Crippen LogP contribution in [-0.4, -0.2) is 51.2 Å². The van der Waals surface area contributed by atoms with Crippen LogP contribution in [0.3, 0.4) is 0 Å². The first kappa shape index (κ1) is 24.3. The molecule has 0 bridgehead atoms. The molecule has 0 spiro atoms. The highest BCUT2D eigenvalue weighted by Gasteiger charge is 2.29. The molecule has 0 atom stereocenters. The van der Waals surface area contributed by atoms with Gasteiger partial charge in [-0.2, -0.15) is 0 Å². The number of hydrogen-bond donors (Lipinski definition) is 1. The van der Waals surface area contributed by atoms with Crippen LogP contribution in [0.5, 0.6) is 0 Å². The van der Waals surface area contributed by atoms with Crippen LogP contribution in [0.1, 0.15) is 39.2 Å². The van der Waals surface area contributed by atoms with Crippen molar-refractivity contribution >= 4 is 34.8 Å². The van der Waals surface area contributed by atoms with Crippen molar-refractivity contribution in [2.45, 2.75) is 45.8 Å². The molecule has 9 nitrogen and oxygen atoms in total. The predicted molar refractivity (Wildman–Crippen MR) is 131 cm³/mol. The minimum Gasteiger partial charge on any atom is -0.445 e. The summed E-state index contributed by atoms with van der Waals surface area (Å²) in [6.45, 7) is 6.51. The summed E-state index contributed by atoms with van der Waals surface area (Å²) in [6, 6.07) is 13.0. The summed E-state index contributed by atoms with van der Waals surface area (Å²) in [7, 11) is 0. The number of piperidine rings is 1. The Morgan fingerprint density at radius 1 is 1.03 bits per heavy atom. The van der Waals surface area contributed by atoms with E-state index in [0.717, 1.165) is 5.56 Å². The van der Waals surface area contributed by atoms with Gasteiger partial charge in [-0.1, -0.05) is 30.3 Å². The summed E-state index contributed by atoms with van der Waals surface area (Å²) in [4.78, 5) is 43.8. The maximum atomic E-state index is 13.0. The number of carbonyl (C=O) groups excluding carboxylic acids is 3. The minimum atomic E-state index is -0.637. The summed E-state index contributed by atoms with van der Waals surface area (Å²) in [5.74, 6) is -0.357. The second-order valence-corrected chi connectivity index (χ2v) is 9.55. The molecule has 1 aliphatic heterocycles. The van der Waals surface area contributed by atoms with Crippen molar-refractivity contribution in [3.63, 3.8) is 0 Å². The summed E-state index contributed by atoms with van der Waals surface area (Å²) in [5, 5.41) is 3.61. The Kier molecular flexibility index (Phi) is 7.04. The molecule has 2 amide bonds. The topological polar surface area (TPSA) is 103 Å². The van der Waals surface area contributed by atoms with E-state index in [4.69, 9.17) is 9.47 Å². The van der Waals surface area contributed by atoms with Crippen molar-refractivity contribution in [2.24, 2.45) is 5.92 Å². The lowest BCUT2D eigenvalue weighted by atomic mass is 9.96. The molecular weight excluding hydrogens is 448 g/mol. The molecule has 9 heteroatoms. The van der Waals surface area contributed by atoms with E-state index in [1.54, 1.807) is 50.2 Å². The highest BCUT2D eigenvalue weighted by Crippen LogP contribution is 2.26. The Morgan fingerprint density at radius 2 is 1.74 bits per heavy atom. The molecule has 1 N–H and O–H groups in total. The Hall–Kier alpha value is -3.88. The van der Waals surface area contributed by atoms with Gasteiger partial charge in [0, 0.05) is 36.8 Å². The van der Waals surface area contributed by atoms with Gasteiger partial charge < -0.3 is 19.7 Å². The Bertz CT molecular complexity index is 1210. The van der Waals surface area contributed by atoms with Crippen molar-refractivity contribution in [1.82, 2.24) is 14.5 Å². The number of benzene rings is 1. The molecule has 3 aromatic rings. The maximum Gasteiger partial charge on any atom is 0.420 e. The molecule has 1 fully saturated rings. The molecule has 4 rings (SSSR count). The lowest BCUT2D eigenvalue weighted by Crippen LogP contribution is -2.41. The lowest BCUT2D eigenvalue weighted by Gasteiger charge is -2.30. The van der Waals surface area contributed by atoms with Gasteiger partial charge in [-0.3, -0.25) is 4.79 Å². The van der Waals surface area contributed by atoms with E-state index in [0.29, 0.717) is 42.7 Å². The number of nitrogens with zero attached hydrogens (tertiary/aromatic N) is 3. The number of ether oxygens (including phenoxy) is 2. The van der Waals surface area contributed by atoms with Gasteiger partial charge in [-0.05, 0) is 51.3 Å². The van der Waals surface area contributed by atoms with Crippen LogP contribution in [-0.2, 0) is 20.9 Å². The standard InChI is InChI=1S/C26H30N4O5/c1-26(2,3)35-25(33)30-16-12-20-21(9-13-27-22(20)30)28-23(31)19-10-14-29(15-11-19)24(32)34-17-18-7-5-4-6-8-18/h4-9,12-13,16,19H,10-11,14-15,17H2,1-3H3,(H,27,28,31). The number of aromatic nitrogens is 2. The lowest BCUT2D eigenvalue weighted by molar-refractivity contribution is -0.121. The van der Waals surface area contributed by atoms with E-state index in [1.807, 2.05) is 30.3 Å². The average molecular weight is 479 g/mol. The third-order valence-corrected chi connectivity index (χ3v) is 5.76. The summed E-state index contributed by atoms with van der Waals surface area (Å²) in [5.41, 5.74) is 1.28. The number of anilines is 1. The fourth-order valence-corrected chi connectivity index (χ4v) is 3.98. The normalized spacial score (nSPS) is 14.5. The number of fused-ring (bicyclic) bond motifs is 1. The van der Waals surface area contributed by atoms with Gasteiger partial charge in [-0.25, -0.2) is 19.1 Å². The van der Waals surface area contributed by atoms with Crippen molar-refractivity contribution in [2.75, 3.05) is 18.4 Å². The first-order valence-corrected chi connectivity index (χ1v) is 11.7. The molecule has 1 aromatic carbocycles. The van der Waals surface area contributed by atoms with E-state index >= 15 is 0 Å². The third kappa shape index (κ3) is 5.98. The molecular formula is C26H30N4O5. The van der Waals surface area contributed by atoms with E-state index in [2.05, 4.69) is 10.3 Å². The Labute approximate surface area is 204 Å². The zero-order valence-electron chi connectivity index (χ0n) is 20.2. The second-order valence-electron chi connectivity index (χ2n) is 9.55. The SMILES string of the molecule is CC(C)(C)OC(=O)n1ccc2c(NC(=O)C3CCN(C(=O)OCc4ccccc4)CC3)ccnc21. The second kappa shape index (κ2) is 10.2. The Balaban J connectivity index is 1.34. The number of carbonyl (C=O) groups is 3. The predicted octanol–water partition coefficient (Wildman–Crippen LogP) is 4.81. The molecule has 0 unspecified atom stereocenters. The van der Waals surface area contributed by atoms with Crippen LogP contribution in [0.2, 0.25) is 0 Å². The van der Waals surface area contributed by atoms with Crippen molar-refractivity contribution < 1.29 is 23.9 Å². The number of likely N-dealkylation sites (tertiary alicyclic amines) is 1. The molecule has 3 heterocycles. The van der Waals surface area contributed by atoms with E-state index in [9.17, 15) is 14.4 Å². The van der Waals surface area contributed by atoms with Gasteiger partial charge in [0.05, 0.1) is 5.69 Å². The average Bonchev–Trinajstić information content (AvgIpc) is 3.28. The molecule has 184 valence electrons. The monoisotopic (exact) mass is 478 g/mol. The number of rotatable bonds is 4. The fraction of sp³-hybridized carbons (Fsp3) is 0.385. The van der Waals surface area contributed by atoms with Gasteiger partial charge >= 0.3 is 12.2 Å². The fourth-order valence-electron chi connectivity index (χ4n) is 3.98. The summed E-state index contributed by atoms with van der Waals surface area (Å²) < 4.78 is 12.2. The van der Waals surface area contributed by atoms with Gasteiger partial charge in [0.1, 0.15) is 12.2 Å². The number of amides is 2. The molecule has 2 aromatic heterocycles. The van der Waals surface area contributed by atoms with E-state index in [-0.39, 0.29) is 24.5 Å². The van der Waals surface area contributed by atoms with E-state index < -0.39 is 11.7 Å². The van der Waals surface area contributed by atoms with Crippen LogP contribution in [0, 0.1) is 5.92 Å². The number of pyridine rings is 1. The molecule has 1 saturated heterocycles. The van der Waals surface area contributed by atoms with Crippen LogP contribution in [0.4, 0.5) is 15.3 Å². The maximum absolute atomic E-state index is 13.0. The van der Waals surface area contributed by atoms with Crippen molar-refractivity contribution in [3.05, 3.63) is 60.4 Å². The molecule has 0 aliphatic carbocycles. The van der Waals surface area contributed by atoms with Gasteiger partial charge in [0.2, 0.25) is 5.91 Å². The molecule has 1 aliphatic rings. The van der Waals surface area contributed by atoms with Crippen LogP contribution < -0.4 is 5.32 Å². The van der Waals surface area contributed by atoms with Gasteiger partial charge in [0.25, 0.3) is 0 Å². The third-order valence-electron chi connectivity index (χ3n) is 5.76. The summed E-state index contributed by atoms with van der Waals surface area (Å²) >= 11 is 0. The van der Waals surface area contributed by atoms with Crippen LogP contribution in [0.15, 0.2) is 54.9 Å². The highest BCUT2D eigenvalue weighted by atomic mass is 16.6. The molecule has 0 radical (unpaired) electrons. The zero-order chi connectivity index (χ0) is 25.0. The summed E-state index contributed by atoms with van der Waals surface area (Å²) in [6.07, 6.45) is 3.31. The molecule has 0 saturated carbocycles. The van der Waals surface area contributed by atoms with Crippen molar-refractivity contribution in [3.8, 4) is 0 Å².